The maximum atomic E-state index is 12.4. The second-order valence-electron chi connectivity index (χ2n) is 7.55. The van der Waals surface area contributed by atoms with Gasteiger partial charge in [0.25, 0.3) is 0 Å². The molecule has 1 fully saturated rings. The average molecular weight is 312 g/mol. The van der Waals surface area contributed by atoms with Gasteiger partial charge in [0.1, 0.15) is 5.60 Å². The molecular formula is C21H28O2. The first-order chi connectivity index (χ1) is 11.0. The van der Waals surface area contributed by atoms with Crippen molar-refractivity contribution in [2.75, 3.05) is 0 Å². The van der Waals surface area contributed by atoms with E-state index in [4.69, 9.17) is 4.74 Å². The van der Waals surface area contributed by atoms with Gasteiger partial charge in [-0.3, -0.25) is 0 Å². The van der Waals surface area contributed by atoms with Crippen molar-refractivity contribution in [2.45, 2.75) is 70.8 Å². The van der Waals surface area contributed by atoms with Crippen LogP contribution in [-0.2, 0) is 21.6 Å². The van der Waals surface area contributed by atoms with E-state index in [-0.39, 0.29) is 11.4 Å². The molecule has 23 heavy (non-hydrogen) atoms. The van der Waals surface area contributed by atoms with Crippen LogP contribution in [0.3, 0.4) is 0 Å². The van der Waals surface area contributed by atoms with Gasteiger partial charge in [0, 0.05) is 11.0 Å². The number of ether oxygens (including phenoxy) is 1. The van der Waals surface area contributed by atoms with E-state index in [9.17, 15) is 4.79 Å². The van der Waals surface area contributed by atoms with Gasteiger partial charge in [-0.2, -0.15) is 0 Å². The summed E-state index contributed by atoms with van der Waals surface area (Å²) in [4.78, 5) is 12.4. The van der Waals surface area contributed by atoms with Crippen LogP contribution < -0.4 is 0 Å². The predicted molar refractivity (Wildman–Crippen MR) is 93.2 cm³/mol. The van der Waals surface area contributed by atoms with Crippen LogP contribution in [0.25, 0.3) is 0 Å². The van der Waals surface area contributed by atoms with Gasteiger partial charge in [-0.15, -0.1) is 0 Å². The molecule has 3 rings (SSSR count). The van der Waals surface area contributed by atoms with Crippen LogP contribution in [-0.4, -0.2) is 5.97 Å². The molecule has 124 valence electrons. The Kier molecular flexibility index (Phi) is 4.35. The number of fused-ring (bicyclic) bond motifs is 1. The van der Waals surface area contributed by atoms with E-state index in [2.05, 4.69) is 37.8 Å². The first-order valence-electron chi connectivity index (χ1n) is 8.96. The zero-order valence-electron chi connectivity index (χ0n) is 14.5. The molecule has 2 nitrogen and oxygen atoms in total. The molecule has 2 heteroatoms. The largest absolute Gasteiger partial charge is 0.451 e. The Morgan fingerprint density at radius 3 is 2.35 bits per heavy atom. The lowest BCUT2D eigenvalue weighted by Gasteiger charge is -2.48. The Bertz CT molecular complexity index is 610. The van der Waals surface area contributed by atoms with E-state index in [1.165, 1.54) is 36.8 Å². The SMILES string of the molecule is C=C(C)C(=O)OC1(C)c2ccccc2CCCCC12CCCC2. The summed E-state index contributed by atoms with van der Waals surface area (Å²) in [6, 6.07) is 8.56. The summed E-state index contributed by atoms with van der Waals surface area (Å²) in [5, 5.41) is 0. The second kappa shape index (κ2) is 6.14. The second-order valence-corrected chi connectivity index (χ2v) is 7.55. The molecule has 2 aliphatic carbocycles. The average Bonchev–Trinajstić information content (AvgIpc) is 3.01. The molecule has 1 atom stereocenters. The summed E-state index contributed by atoms with van der Waals surface area (Å²) in [5.74, 6) is -0.255. The molecule has 0 radical (unpaired) electrons. The fraction of sp³-hybridized carbons (Fsp3) is 0.571. The third kappa shape index (κ3) is 2.73. The summed E-state index contributed by atoms with van der Waals surface area (Å²) >= 11 is 0. The van der Waals surface area contributed by atoms with Crippen molar-refractivity contribution in [1.82, 2.24) is 0 Å². The normalized spacial score (nSPS) is 26.2. The lowest BCUT2D eigenvalue weighted by Crippen LogP contribution is -2.47. The number of carbonyl (C=O) groups excluding carboxylic acids is 1. The van der Waals surface area contributed by atoms with Crippen LogP contribution in [0, 0.1) is 5.41 Å². The molecule has 0 saturated heterocycles. The van der Waals surface area contributed by atoms with Gasteiger partial charge < -0.3 is 4.74 Å². The van der Waals surface area contributed by atoms with Crippen LogP contribution in [0.5, 0.6) is 0 Å². The van der Waals surface area contributed by atoms with Gasteiger partial charge in [0.05, 0.1) is 0 Å². The highest BCUT2D eigenvalue weighted by molar-refractivity contribution is 5.87. The number of benzene rings is 1. The predicted octanol–water partition coefficient (Wildman–Crippen LogP) is 5.31. The van der Waals surface area contributed by atoms with Gasteiger partial charge >= 0.3 is 5.97 Å². The fourth-order valence-electron chi connectivity index (χ4n) is 4.72. The van der Waals surface area contributed by atoms with E-state index in [1.54, 1.807) is 6.92 Å². The van der Waals surface area contributed by atoms with E-state index < -0.39 is 5.60 Å². The lowest BCUT2D eigenvalue weighted by atomic mass is 9.63. The highest BCUT2D eigenvalue weighted by Crippen LogP contribution is 2.57. The first-order valence-corrected chi connectivity index (χ1v) is 8.96. The van der Waals surface area contributed by atoms with Crippen molar-refractivity contribution in [2.24, 2.45) is 5.41 Å². The zero-order valence-corrected chi connectivity index (χ0v) is 14.5. The third-order valence-electron chi connectivity index (χ3n) is 6.10. The molecule has 1 unspecified atom stereocenters. The number of rotatable bonds is 2. The Morgan fingerprint density at radius 2 is 1.70 bits per heavy atom. The zero-order chi connectivity index (χ0) is 16.5. The quantitative estimate of drug-likeness (QED) is 0.546. The van der Waals surface area contributed by atoms with Crippen LogP contribution in [0.1, 0.15) is 69.9 Å². The fourth-order valence-corrected chi connectivity index (χ4v) is 4.72. The standard InChI is InChI=1S/C21H28O2/c1-16(2)19(22)23-20(3)18-12-5-4-10-17(18)11-6-7-13-21(20)14-8-9-15-21/h4-5,10,12H,1,6-9,11,13-15H2,2-3H3. The summed E-state index contributed by atoms with van der Waals surface area (Å²) in [5.41, 5.74) is 2.58. The minimum Gasteiger partial charge on any atom is -0.451 e. The molecule has 1 aromatic rings. The van der Waals surface area contributed by atoms with Gasteiger partial charge in [-0.05, 0) is 57.1 Å². The number of hydrogen-bond acceptors (Lipinski definition) is 2. The molecule has 1 aromatic carbocycles. The molecule has 0 heterocycles. The molecule has 2 aliphatic rings. The van der Waals surface area contributed by atoms with Gasteiger partial charge in [-0.25, -0.2) is 4.79 Å². The minimum absolute atomic E-state index is 0.0780. The Hall–Kier alpha value is -1.57. The number of aryl methyl sites for hydroxylation is 1. The van der Waals surface area contributed by atoms with Crippen molar-refractivity contribution in [1.29, 1.82) is 0 Å². The number of carbonyl (C=O) groups is 1. The maximum Gasteiger partial charge on any atom is 0.334 e. The van der Waals surface area contributed by atoms with Crippen molar-refractivity contribution in [3.63, 3.8) is 0 Å². The number of esters is 1. The molecule has 0 aliphatic heterocycles. The lowest BCUT2D eigenvalue weighted by molar-refractivity contribution is -0.174. The smallest absolute Gasteiger partial charge is 0.334 e. The first kappa shape index (κ1) is 16.3. The van der Waals surface area contributed by atoms with E-state index in [0.29, 0.717) is 5.57 Å². The van der Waals surface area contributed by atoms with E-state index in [0.717, 1.165) is 25.7 Å². The molecule has 0 amide bonds. The molecule has 0 bridgehead atoms. The van der Waals surface area contributed by atoms with Gasteiger partial charge in [0.15, 0.2) is 0 Å². The molecule has 0 aromatic heterocycles. The van der Waals surface area contributed by atoms with Crippen molar-refractivity contribution >= 4 is 5.97 Å². The Balaban J connectivity index is 2.14. The highest BCUT2D eigenvalue weighted by atomic mass is 16.6. The van der Waals surface area contributed by atoms with Gasteiger partial charge in [0.2, 0.25) is 0 Å². The van der Waals surface area contributed by atoms with Crippen LogP contribution in [0.2, 0.25) is 0 Å². The minimum atomic E-state index is -0.545. The Labute approximate surface area is 139 Å². The molecular weight excluding hydrogens is 284 g/mol. The van der Waals surface area contributed by atoms with Crippen LogP contribution in [0.4, 0.5) is 0 Å². The number of hydrogen-bond donors (Lipinski definition) is 0. The van der Waals surface area contributed by atoms with Crippen molar-refractivity contribution < 1.29 is 9.53 Å². The third-order valence-corrected chi connectivity index (χ3v) is 6.10. The molecule has 1 spiro atoms. The monoisotopic (exact) mass is 312 g/mol. The summed E-state index contributed by atoms with van der Waals surface area (Å²) in [6.45, 7) is 7.68. The topological polar surface area (TPSA) is 26.3 Å². The van der Waals surface area contributed by atoms with Crippen molar-refractivity contribution in [3.8, 4) is 0 Å². The maximum absolute atomic E-state index is 12.4. The van der Waals surface area contributed by atoms with Gasteiger partial charge in [-0.1, -0.05) is 50.1 Å². The van der Waals surface area contributed by atoms with E-state index in [1.807, 2.05) is 0 Å². The van der Waals surface area contributed by atoms with E-state index >= 15 is 0 Å². The Morgan fingerprint density at radius 1 is 1.09 bits per heavy atom. The summed E-state index contributed by atoms with van der Waals surface area (Å²) < 4.78 is 6.20. The highest BCUT2D eigenvalue weighted by Gasteiger charge is 2.54. The molecule has 1 saturated carbocycles. The van der Waals surface area contributed by atoms with Crippen molar-refractivity contribution in [3.05, 3.63) is 47.5 Å². The van der Waals surface area contributed by atoms with Crippen LogP contribution >= 0.6 is 0 Å². The van der Waals surface area contributed by atoms with Crippen LogP contribution in [0.15, 0.2) is 36.4 Å². The summed E-state index contributed by atoms with van der Waals surface area (Å²) in [7, 11) is 0. The summed E-state index contributed by atoms with van der Waals surface area (Å²) in [6.07, 6.45) is 9.46. The molecule has 0 N–H and O–H groups in total.